The Labute approximate surface area is 140 Å². The monoisotopic (exact) mass is 332 g/mol. The first-order valence-corrected chi connectivity index (χ1v) is 7.99. The van der Waals surface area contributed by atoms with Crippen LogP contribution < -0.4 is 0 Å². The summed E-state index contributed by atoms with van der Waals surface area (Å²) >= 11 is 0. The molecule has 0 saturated carbocycles. The third-order valence-corrected chi connectivity index (χ3v) is 3.69. The van der Waals surface area contributed by atoms with E-state index >= 15 is 0 Å². The second-order valence-corrected chi connectivity index (χ2v) is 6.80. The summed E-state index contributed by atoms with van der Waals surface area (Å²) in [6, 6.07) is 5.28. The van der Waals surface area contributed by atoms with Crippen molar-refractivity contribution in [3.05, 3.63) is 35.9 Å². The molecule has 2 aromatic heterocycles. The number of halogens is 1. The number of aryl methyl sites for hydroxylation is 1. The molecule has 24 heavy (non-hydrogen) atoms. The van der Waals surface area contributed by atoms with Crippen LogP contribution in [0.1, 0.15) is 32.9 Å². The van der Waals surface area contributed by atoms with E-state index in [1.807, 2.05) is 20.8 Å². The third-order valence-electron chi connectivity index (χ3n) is 3.69. The summed E-state index contributed by atoms with van der Waals surface area (Å²) in [6.07, 6.45) is 1.86. The number of carbonyl (C=O) groups is 1. The summed E-state index contributed by atoms with van der Waals surface area (Å²) < 4.78 is 21.9. The SMILES string of the molecule is CC(C)(C)OC(=O)N1CCCn2nc(-c3ccccn3)c(F)c2C1. The van der Waals surface area contributed by atoms with Crippen molar-refractivity contribution in [2.75, 3.05) is 6.54 Å². The van der Waals surface area contributed by atoms with Crippen LogP contribution in [0, 0.1) is 5.82 Å². The molecular formula is C17H21FN4O2. The van der Waals surface area contributed by atoms with Crippen LogP contribution in [0.15, 0.2) is 24.4 Å². The summed E-state index contributed by atoms with van der Waals surface area (Å²) in [5, 5.41) is 4.35. The largest absolute Gasteiger partial charge is 0.444 e. The van der Waals surface area contributed by atoms with E-state index in [-0.39, 0.29) is 12.2 Å². The van der Waals surface area contributed by atoms with Crippen LogP contribution in [0.2, 0.25) is 0 Å². The van der Waals surface area contributed by atoms with Gasteiger partial charge in [0, 0.05) is 19.3 Å². The van der Waals surface area contributed by atoms with E-state index in [9.17, 15) is 9.18 Å². The smallest absolute Gasteiger partial charge is 0.410 e. The van der Waals surface area contributed by atoms with Gasteiger partial charge in [0.05, 0.1) is 17.9 Å². The van der Waals surface area contributed by atoms with Gasteiger partial charge < -0.3 is 9.64 Å². The highest BCUT2D eigenvalue weighted by Crippen LogP contribution is 2.25. The molecule has 6 nitrogen and oxygen atoms in total. The number of ether oxygens (including phenoxy) is 1. The fraction of sp³-hybridized carbons (Fsp3) is 0.471. The average molecular weight is 332 g/mol. The van der Waals surface area contributed by atoms with Gasteiger partial charge in [0.15, 0.2) is 5.82 Å². The highest BCUT2D eigenvalue weighted by atomic mass is 19.1. The van der Waals surface area contributed by atoms with Gasteiger partial charge >= 0.3 is 6.09 Å². The lowest BCUT2D eigenvalue weighted by atomic mass is 10.2. The fourth-order valence-electron chi connectivity index (χ4n) is 2.63. The van der Waals surface area contributed by atoms with Crippen molar-refractivity contribution < 1.29 is 13.9 Å². The van der Waals surface area contributed by atoms with E-state index < -0.39 is 17.5 Å². The second-order valence-electron chi connectivity index (χ2n) is 6.80. The summed E-state index contributed by atoms with van der Waals surface area (Å²) in [6.45, 7) is 6.64. The number of pyridine rings is 1. The highest BCUT2D eigenvalue weighted by molar-refractivity contribution is 5.68. The Morgan fingerprint density at radius 3 is 2.75 bits per heavy atom. The van der Waals surface area contributed by atoms with Crippen LogP contribution in [0.4, 0.5) is 9.18 Å². The molecule has 1 amide bonds. The van der Waals surface area contributed by atoms with Crippen molar-refractivity contribution in [2.45, 2.75) is 45.9 Å². The number of amides is 1. The standard InChI is InChI=1S/C17H21FN4O2/c1-17(2,3)24-16(23)21-9-6-10-22-13(11-21)14(18)15(20-22)12-7-4-5-8-19-12/h4-5,7-8H,6,9-11H2,1-3H3. The summed E-state index contributed by atoms with van der Waals surface area (Å²) in [4.78, 5) is 18.0. The van der Waals surface area contributed by atoms with Gasteiger partial charge in [-0.05, 0) is 39.3 Å². The Morgan fingerprint density at radius 2 is 2.08 bits per heavy atom. The molecule has 3 heterocycles. The van der Waals surface area contributed by atoms with Gasteiger partial charge in [-0.15, -0.1) is 0 Å². The van der Waals surface area contributed by atoms with Gasteiger partial charge in [-0.1, -0.05) is 6.07 Å². The molecule has 0 fully saturated rings. The molecule has 1 aliphatic rings. The van der Waals surface area contributed by atoms with E-state index in [4.69, 9.17) is 4.74 Å². The molecule has 1 aliphatic heterocycles. The molecule has 0 spiro atoms. The molecule has 128 valence electrons. The molecule has 2 aromatic rings. The van der Waals surface area contributed by atoms with Gasteiger partial charge in [-0.3, -0.25) is 9.67 Å². The third kappa shape index (κ3) is 3.39. The van der Waals surface area contributed by atoms with E-state index in [0.717, 1.165) is 0 Å². The quantitative estimate of drug-likeness (QED) is 0.804. The van der Waals surface area contributed by atoms with Crippen LogP contribution in [-0.2, 0) is 17.8 Å². The van der Waals surface area contributed by atoms with E-state index in [2.05, 4.69) is 10.1 Å². The number of carbonyl (C=O) groups excluding carboxylic acids is 1. The molecule has 0 N–H and O–H groups in total. The molecule has 0 aromatic carbocycles. The zero-order valence-electron chi connectivity index (χ0n) is 14.1. The van der Waals surface area contributed by atoms with Crippen LogP contribution in [-0.4, -0.2) is 37.9 Å². The molecule has 0 atom stereocenters. The molecule has 0 saturated heterocycles. The minimum Gasteiger partial charge on any atom is -0.444 e. The van der Waals surface area contributed by atoms with Crippen LogP contribution in [0.5, 0.6) is 0 Å². The average Bonchev–Trinajstić information content (AvgIpc) is 2.70. The fourth-order valence-corrected chi connectivity index (χ4v) is 2.63. The van der Waals surface area contributed by atoms with Gasteiger partial charge in [0.1, 0.15) is 11.3 Å². The number of fused-ring (bicyclic) bond motifs is 1. The van der Waals surface area contributed by atoms with Crippen molar-refractivity contribution in [3.63, 3.8) is 0 Å². The van der Waals surface area contributed by atoms with Gasteiger partial charge in [-0.25, -0.2) is 9.18 Å². The van der Waals surface area contributed by atoms with Crippen molar-refractivity contribution in [2.24, 2.45) is 0 Å². The summed E-state index contributed by atoms with van der Waals surface area (Å²) in [5.41, 5.74) is 0.511. The number of rotatable bonds is 1. The Bertz CT molecular complexity index is 737. The topological polar surface area (TPSA) is 60.2 Å². The minimum absolute atomic E-state index is 0.139. The predicted octanol–water partition coefficient (Wildman–Crippen LogP) is 3.23. The van der Waals surface area contributed by atoms with Crippen molar-refractivity contribution >= 4 is 6.09 Å². The van der Waals surface area contributed by atoms with Crippen molar-refractivity contribution in [1.82, 2.24) is 19.7 Å². The Hall–Kier alpha value is -2.44. The zero-order valence-corrected chi connectivity index (χ0v) is 14.1. The van der Waals surface area contributed by atoms with E-state index in [1.165, 1.54) is 4.90 Å². The maximum atomic E-state index is 14.9. The first kappa shape index (κ1) is 16.4. The molecular weight excluding hydrogens is 311 g/mol. The lowest BCUT2D eigenvalue weighted by Crippen LogP contribution is -2.36. The number of aromatic nitrogens is 3. The Morgan fingerprint density at radius 1 is 1.29 bits per heavy atom. The second kappa shape index (κ2) is 6.22. The van der Waals surface area contributed by atoms with Crippen LogP contribution in [0.3, 0.4) is 0 Å². The van der Waals surface area contributed by atoms with Gasteiger partial charge in [0.2, 0.25) is 0 Å². The van der Waals surface area contributed by atoms with E-state index in [0.29, 0.717) is 30.9 Å². The maximum absolute atomic E-state index is 14.9. The lowest BCUT2D eigenvalue weighted by molar-refractivity contribution is 0.0235. The molecule has 0 radical (unpaired) electrons. The normalized spacial score (nSPS) is 14.9. The van der Waals surface area contributed by atoms with Crippen molar-refractivity contribution in [1.29, 1.82) is 0 Å². The molecule has 0 unspecified atom stereocenters. The predicted molar refractivity (Wildman–Crippen MR) is 86.7 cm³/mol. The zero-order chi connectivity index (χ0) is 17.3. The molecule has 0 aliphatic carbocycles. The van der Waals surface area contributed by atoms with Crippen LogP contribution >= 0.6 is 0 Å². The Kier molecular flexibility index (Phi) is 4.26. The number of hydrogen-bond donors (Lipinski definition) is 0. The van der Waals surface area contributed by atoms with Crippen molar-refractivity contribution in [3.8, 4) is 11.4 Å². The van der Waals surface area contributed by atoms with E-state index in [1.54, 1.807) is 29.1 Å². The minimum atomic E-state index is -0.582. The first-order chi connectivity index (χ1) is 11.3. The van der Waals surface area contributed by atoms with Gasteiger partial charge in [0.25, 0.3) is 0 Å². The van der Waals surface area contributed by atoms with Crippen LogP contribution in [0.25, 0.3) is 11.4 Å². The Balaban J connectivity index is 1.88. The first-order valence-electron chi connectivity index (χ1n) is 7.99. The highest BCUT2D eigenvalue weighted by Gasteiger charge is 2.28. The summed E-state index contributed by atoms with van der Waals surface area (Å²) in [5.74, 6) is -0.427. The number of hydrogen-bond acceptors (Lipinski definition) is 4. The molecule has 0 bridgehead atoms. The lowest BCUT2D eigenvalue weighted by Gasteiger charge is -2.26. The molecule has 3 rings (SSSR count). The molecule has 7 heteroatoms. The number of nitrogens with zero attached hydrogens (tertiary/aromatic N) is 4. The van der Waals surface area contributed by atoms with Gasteiger partial charge in [-0.2, -0.15) is 5.10 Å². The summed E-state index contributed by atoms with van der Waals surface area (Å²) in [7, 11) is 0. The maximum Gasteiger partial charge on any atom is 0.410 e.